The van der Waals surface area contributed by atoms with Gasteiger partial charge in [0, 0.05) is 59.4 Å². The van der Waals surface area contributed by atoms with Crippen molar-refractivity contribution in [1.82, 2.24) is 20.4 Å². The van der Waals surface area contributed by atoms with Gasteiger partial charge in [-0.3, -0.25) is 14.7 Å². The molecule has 7 nitrogen and oxygen atoms in total. The van der Waals surface area contributed by atoms with Gasteiger partial charge in [-0.1, -0.05) is 36.4 Å². The molecule has 1 aliphatic heterocycles. The second-order valence-corrected chi connectivity index (χ2v) is 8.41. The number of carbonyl (C=O) groups is 1. The maximum Gasteiger partial charge on any atom is 0.253 e. The first kappa shape index (κ1) is 27.1. The Morgan fingerprint density at radius 1 is 1.09 bits per heavy atom. The van der Waals surface area contributed by atoms with E-state index in [-0.39, 0.29) is 29.9 Å². The van der Waals surface area contributed by atoms with Crippen LogP contribution in [0.15, 0.2) is 53.5 Å². The number of aliphatic imine (C=N–C) groups is 1. The molecule has 1 unspecified atom stereocenters. The Morgan fingerprint density at radius 3 is 2.39 bits per heavy atom. The van der Waals surface area contributed by atoms with Gasteiger partial charge < -0.3 is 20.3 Å². The van der Waals surface area contributed by atoms with Crippen LogP contribution < -0.4 is 10.6 Å². The summed E-state index contributed by atoms with van der Waals surface area (Å²) >= 11 is 0. The van der Waals surface area contributed by atoms with Crippen LogP contribution in [-0.4, -0.2) is 68.6 Å². The molecule has 0 spiro atoms. The highest BCUT2D eigenvalue weighted by Crippen LogP contribution is 2.12. The number of ether oxygens (including phenoxy) is 1. The van der Waals surface area contributed by atoms with Gasteiger partial charge in [0.2, 0.25) is 0 Å². The number of halogens is 1. The fourth-order valence-corrected chi connectivity index (χ4v) is 3.75. The average Bonchev–Trinajstić information content (AvgIpc) is 2.79. The number of carbonyl (C=O) groups excluding carboxylic acids is 1. The zero-order valence-electron chi connectivity index (χ0n) is 20.0. The minimum absolute atomic E-state index is 0. The largest absolute Gasteiger partial charge is 0.376 e. The maximum atomic E-state index is 12.0. The number of benzene rings is 2. The predicted molar refractivity (Wildman–Crippen MR) is 144 cm³/mol. The van der Waals surface area contributed by atoms with Crippen molar-refractivity contribution in [3.8, 4) is 0 Å². The van der Waals surface area contributed by atoms with Crippen LogP contribution in [0.2, 0.25) is 0 Å². The summed E-state index contributed by atoms with van der Waals surface area (Å²) in [6, 6.07) is 16.3. The molecule has 1 amide bonds. The lowest BCUT2D eigenvalue weighted by Crippen LogP contribution is -2.40. The molecule has 8 heteroatoms. The minimum atomic E-state index is 0. The van der Waals surface area contributed by atoms with Gasteiger partial charge in [-0.25, -0.2) is 0 Å². The third-order valence-electron chi connectivity index (χ3n) is 5.47. The Morgan fingerprint density at radius 2 is 1.76 bits per heavy atom. The zero-order valence-corrected chi connectivity index (χ0v) is 22.3. The summed E-state index contributed by atoms with van der Waals surface area (Å²) in [7, 11) is 5.28. The number of rotatable bonds is 7. The van der Waals surface area contributed by atoms with Gasteiger partial charge in [-0.15, -0.1) is 24.0 Å². The Hall–Kier alpha value is -2.17. The molecule has 0 radical (unpaired) electrons. The van der Waals surface area contributed by atoms with E-state index in [9.17, 15) is 4.79 Å². The fourth-order valence-electron chi connectivity index (χ4n) is 3.75. The van der Waals surface area contributed by atoms with Crippen LogP contribution in [0, 0.1) is 0 Å². The summed E-state index contributed by atoms with van der Waals surface area (Å²) in [6.45, 7) is 7.16. The predicted octanol–water partition coefficient (Wildman–Crippen LogP) is 3.09. The first-order chi connectivity index (χ1) is 15.4. The van der Waals surface area contributed by atoms with Crippen LogP contribution in [-0.2, 0) is 24.4 Å². The van der Waals surface area contributed by atoms with Crippen LogP contribution in [0.1, 0.15) is 34.0 Å². The van der Waals surface area contributed by atoms with Crippen LogP contribution in [0.25, 0.3) is 0 Å². The number of morpholine rings is 1. The van der Waals surface area contributed by atoms with Crippen LogP contribution >= 0.6 is 24.0 Å². The molecule has 2 N–H and O–H groups in total. The van der Waals surface area contributed by atoms with Crippen molar-refractivity contribution in [2.75, 3.05) is 40.8 Å². The minimum Gasteiger partial charge on any atom is -0.376 e. The molecule has 1 aliphatic rings. The number of nitrogens with one attached hydrogen (secondary N) is 2. The van der Waals surface area contributed by atoms with Crippen LogP contribution in [0.4, 0.5) is 0 Å². The molecule has 0 saturated carbocycles. The molecule has 0 bridgehead atoms. The fraction of sp³-hybridized carbons (Fsp3) is 0.440. The molecule has 2 aromatic rings. The van der Waals surface area contributed by atoms with Crippen molar-refractivity contribution in [3.05, 3.63) is 70.8 Å². The molecule has 2 aromatic carbocycles. The molecule has 1 fully saturated rings. The molecular formula is C25H36IN5O2. The molecular weight excluding hydrogens is 529 g/mol. The van der Waals surface area contributed by atoms with Gasteiger partial charge in [0.05, 0.1) is 12.7 Å². The smallest absolute Gasteiger partial charge is 0.253 e. The first-order valence-electron chi connectivity index (χ1n) is 11.1. The average molecular weight is 566 g/mol. The second-order valence-electron chi connectivity index (χ2n) is 8.41. The molecule has 33 heavy (non-hydrogen) atoms. The molecule has 0 aromatic heterocycles. The highest BCUT2D eigenvalue weighted by Gasteiger charge is 2.16. The number of hydrogen-bond acceptors (Lipinski definition) is 4. The van der Waals surface area contributed by atoms with Crippen LogP contribution in [0.5, 0.6) is 0 Å². The highest BCUT2D eigenvalue weighted by atomic mass is 127. The number of nitrogens with zero attached hydrogens (tertiary/aromatic N) is 3. The van der Waals surface area contributed by atoms with E-state index in [1.165, 1.54) is 11.1 Å². The summed E-state index contributed by atoms with van der Waals surface area (Å²) in [5.41, 5.74) is 4.31. The first-order valence-corrected chi connectivity index (χ1v) is 11.1. The molecule has 1 saturated heterocycles. The molecule has 1 atom stereocenters. The van der Waals surface area contributed by atoms with Gasteiger partial charge in [0.1, 0.15) is 0 Å². The molecule has 1 heterocycles. The number of hydrogen-bond donors (Lipinski definition) is 2. The van der Waals surface area contributed by atoms with Crippen molar-refractivity contribution in [1.29, 1.82) is 0 Å². The van der Waals surface area contributed by atoms with E-state index in [0.29, 0.717) is 24.8 Å². The van der Waals surface area contributed by atoms with E-state index < -0.39 is 0 Å². The second kappa shape index (κ2) is 13.5. The molecule has 0 aliphatic carbocycles. The number of amides is 1. The van der Waals surface area contributed by atoms with Gasteiger partial charge >= 0.3 is 0 Å². The van der Waals surface area contributed by atoms with Crippen molar-refractivity contribution in [2.45, 2.75) is 32.7 Å². The van der Waals surface area contributed by atoms with Gasteiger partial charge in [0.15, 0.2) is 5.96 Å². The lowest BCUT2D eigenvalue weighted by atomic mass is 10.1. The summed E-state index contributed by atoms with van der Waals surface area (Å²) in [6.07, 6.45) is 0.299. The van der Waals surface area contributed by atoms with Gasteiger partial charge in [0.25, 0.3) is 5.91 Å². The molecule has 180 valence electrons. The Kier molecular flexibility index (Phi) is 11.1. The van der Waals surface area contributed by atoms with Gasteiger partial charge in [-0.05, 0) is 35.7 Å². The maximum absolute atomic E-state index is 12.0. The SMILES string of the molecule is CN=C(NCc1ccc(C(=O)N(C)C)cc1)NCc1cccc(CN2CCOC(C)C2)c1.I. The third kappa shape index (κ3) is 8.60. The van der Waals surface area contributed by atoms with Crippen molar-refractivity contribution >= 4 is 35.8 Å². The normalized spacial score (nSPS) is 16.6. The van der Waals surface area contributed by atoms with Crippen molar-refractivity contribution in [2.24, 2.45) is 4.99 Å². The van der Waals surface area contributed by atoms with Crippen LogP contribution in [0.3, 0.4) is 0 Å². The topological polar surface area (TPSA) is 69.2 Å². The lowest BCUT2D eigenvalue weighted by molar-refractivity contribution is -0.0212. The summed E-state index contributed by atoms with van der Waals surface area (Å²) in [5.74, 6) is 0.748. The van der Waals surface area contributed by atoms with E-state index in [1.807, 2.05) is 24.3 Å². The van der Waals surface area contributed by atoms with E-state index in [0.717, 1.165) is 37.8 Å². The Balaban J connectivity index is 0.00000385. The Bertz CT molecular complexity index is 917. The summed E-state index contributed by atoms with van der Waals surface area (Å²) < 4.78 is 5.64. The zero-order chi connectivity index (χ0) is 22.9. The van der Waals surface area contributed by atoms with E-state index >= 15 is 0 Å². The van der Waals surface area contributed by atoms with Crippen molar-refractivity contribution in [3.63, 3.8) is 0 Å². The monoisotopic (exact) mass is 565 g/mol. The van der Waals surface area contributed by atoms with E-state index in [4.69, 9.17) is 4.74 Å². The quantitative estimate of drug-likeness (QED) is 0.307. The highest BCUT2D eigenvalue weighted by molar-refractivity contribution is 14.0. The lowest BCUT2D eigenvalue weighted by Gasteiger charge is -2.31. The standard InChI is InChI=1S/C25H35N5O2.HI/c1-19-17-30(12-13-32-19)18-22-7-5-6-21(14-22)16-28-25(26-2)27-15-20-8-10-23(11-9-20)24(31)29(3)4;/h5-11,14,19H,12-13,15-18H2,1-4H3,(H2,26,27,28);1H. The van der Waals surface area contributed by atoms with E-state index in [2.05, 4.69) is 51.7 Å². The summed E-state index contributed by atoms with van der Waals surface area (Å²) in [5, 5.41) is 6.72. The van der Waals surface area contributed by atoms with Crippen molar-refractivity contribution < 1.29 is 9.53 Å². The molecule has 3 rings (SSSR count). The third-order valence-corrected chi connectivity index (χ3v) is 5.47. The number of guanidine groups is 1. The van der Waals surface area contributed by atoms with Gasteiger partial charge in [-0.2, -0.15) is 0 Å². The summed E-state index contributed by atoms with van der Waals surface area (Å²) in [4.78, 5) is 20.4. The Labute approximate surface area is 214 Å². The van der Waals surface area contributed by atoms with E-state index in [1.54, 1.807) is 26.0 Å².